The molecule has 0 unspecified atom stereocenters. The van der Waals surface area contributed by atoms with Crippen LogP contribution in [0.15, 0.2) is 0 Å². The third-order valence-electron chi connectivity index (χ3n) is 5.03. The van der Waals surface area contributed by atoms with E-state index in [4.69, 9.17) is 17.7 Å². The molecular weight excluding hydrogens is 374 g/mol. The lowest BCUT2D eigenvalue weighted by atomic mass is 10.3. The summed E-state index contributed by atoms with van der Waals surface area (Å²) in [5.41, 5.74) is 0. The summed E-state index contributed by atoms with van der Waals surface area (Å²) < 4.78 is 24.1. The molecule has 0 bridgehead atoms. The minimum atomic E-state index is -1.94. The van der Waals surface area contributed by atoms with E-state index in [9.17, 15) is 0 Å². The number of rotatable bonds is 20. The van der Waals surface area contributed by atoms with E-state index < -0.39 is 17.1 Å². The Hall–Kier alpha value is 0.234. The maximum Gasteiger partial charge on any atom is 0.337 e. The molecule has 0 aliphatic carbocycles. The Labute approximate surface area is 171 Å². The van der Waals surface area contributed by atoms with Crippen LogP contribution in [0.2, 0.25) is 24.2 Å². The molecular formula is C20H47NO4Si2. The van der Waals surface area contributed by atoms with Gasteiger partial charge in [0.25, 0.3) is 0 Å². The van der Waals surface area contributed by atoms with Gasteiger partial charge in [0.1, 0.15) is 0 Å². The summed E-state index contributed by atoms with van der Waals surface area (Å²) in [7, 11) is -3.89. The highest BCUT2D eigenvalue weighted by Crippen LogP contribution is 2.22. The standard InChI is InChI=1S/C20H47NO4Si2/c1-7-22-26(11-5,23-8-2)19-15-13-17-21-18-14-16-20-27(12-6,24-9-3)25-10-4/h21H,7-20H2,1-6H3. The summed E-state index contributed by atoms with van der Waals surface area (Å²) in [6, 6.07) is 4.32. The molecule has 0 aromatic carbocycles. The molecule has 27 heavy (non-hydrogen) atoms. The van der Waals surface area contributed by atoms with Crippen LogP contribution in [0.3, 0.4) is 0 Å². The molecule has 5 nitrogen and oxygen atoms in total. The second-order valence-electron chi connectivity index (χ2n) is 6.92. The second kappa shape index (κ2) is 17.1. The number of hydrogen-bond acceptors (Lipinski definition) is 5. The molecule has 0 aliphatic rings. The van der Waals surface area contributed by atoms with Crippen LogP contribution >= 0.6 is 0 Å². The van der Waals surface area contributed by atoms with Gasteiger partial charge in [-0.15, -0.1) is 0 Å². The fourth-order valence-electron chi connectivity index (χ4n) is 3.60. The van der Waals surface area contributed by atoms with Crippen molar-refractivity contribution < 1.29 is 17.7 Å². The maximum absolute atomic E-state index is 6.04. The summed E-state index contributed by atoms with van der Waals surface area (Å²) >= 11 is 0. The van der Waals surface area contributed by atoms with Gasteiger partial charge in [-0.2, -0.15) is 0 Å². The van der Waals surface area contributed by atoms with Crippen molar-refractivity contribution in [2.24, 2.45) is 0 Å². The molecule has 0 spiro atoms. The molecule has 164 valence electrons. The molecule has 0 atom stereocenters. The summed E-state index contributed by atoms with van der Waals surface area (Å²) in [6.45, 7) is 18.0. The van der Waals surface area contributed by atoms with Crippen molar-refractivity contribution in [1.82, 2.24) is 5.32 Å². The van der Waals surface area contributed by atoms with Crippen LogP contribution in [-0.2, 0) is 17.7 Å². The van der Waals surface area contributed by atoms with E-state index in [-0.39, 0.29) is 0 Å². The molecule has 0 fully saturated rings. The van der Waals surface area contributed by atoms with Gasteiger partial charge in [-0.3, -0.25) is 0 Å². The van der Waals surface area contributed by atoms with Crippen molar-refractivity contribution in [3.8, 4) is 0 Å². The molecule has 0 amide bonds. The van der Waals surface area contributed by atoms with E-state index >= 15 is 0 Å². The normalized spacial score (nSPS) is 12.7. The number of nitrogens with one attached hydrogen (secondary N) is 1. The first kappa shape index (κ1) is 27.2. The average Bonchev–Trinajstić information content (AvgIpc) is 2.67. The van der Waals surface area contributed by atoms with Crippen molar-refractivity contribution in [2.75, 3.05) is 39.5 Å². The zero-order valence-corrected chi connectivity index (χ0v) is 21.0. The van der Waals surface area contributed by atoms with Gasteiger partial charge in [-0.1, -0.05) is 26.7 Å². The lowest BCUT2D eigenvalue weighted by Gasteiger charge is -2.29. The highest BCUT2D eigenvalue weighted by atomic mass is 28.4. The Morgan fingerprint density at radius 1 is 0.519 bits per heavy atom. The Morgan fingerprint density at radius 2 is 0.852 bits per heavy atom. The van der Waals surface area contributed by atoms with Gasteiger partial charge in [0.15, 0.2) is 0 Å². The van der Waals surface area contributed by atoms with Crippen LogP contribution in [0.4, 0.5) is 0 Å². The molecule has 0 saturated carbocycles. The van der Waals surface area contributed by atoms with Crippen molar-refractivity contribution in [2.45, 2.75) is 91.4 Å². The summed E-state index contributed by atoms with van der Waals surface area (Å²) in [5.74, 6) is 0. The third kappa shape index (κ3) is 11.7. The van der Waals surface area contributed by atoms with Crippen molar-refractivity contribution >= 4 is 17.1 Å². The van der Waals surface area contributed by atoms with Crippen LogP contribution in [0.25, 0.3) is 0 Å². The average molecular weight is 422 g/mol. The second-order valence-corrected chi connectivity index (χ2v) is 14.1. The summed E-state index contributed by atoms with van der Waals surface area (Å²) in [6.07, 6.45) is 4.77. The minimum Gasteiger partial charge on any atom is -0.394 e. The Bertz CT molecular complexity index is 293. The molecule has 0 rings (SSSR count). The summed E-state index contributed by atoms with van der Waals surface area (Å²) in [4.78, 5) is 0. The van der Waals surface area contributed by atoms with Gasteiger partial charge in [-0.25, -0.2) is 0 Å². The van der Waals surface area contributed by atoms with E-state index in [1.807, 2.05) is 0 Å². The van der Waals surface area contributed by atoms with Crippen LogP contribution in [0.1, 0.15) is 67.2 Å². The fourth-order valence-corrected chi connectivity index (χ4v) is 9.55. The van der Waals surface area contributed by atoms with Crippen LogP contribution in [0.5, 0.6) is 0 Å². The highest BCUT2D eigenvalue weighted by Gasteiger charge is 2.34. The smallest absolute Gasteiger partial charge is 0.337 e. The van der Waals surface area contributed by atoms with E-state index in [0.717, 1.165) is 63.7 Å². The molecule has 7 heteroatoms. The van der Waals surface area contributed by atoms with Gasteiger partial charge < -0.3 is 23.0 Å². The van der Waals surface area contributed by atoms with Gasteiger partial charge in [0, 0.05) is 26.4 Å². The molecule has 0 radical (unpaired) electrons. The first-order valence-corrected chi connectivity index (χ1v) is 15.8. The van der Waals surface area contributed by atoms with Crippen molar-refractivity contribution in [3.05, 3.63) is 0 Å². The van der Waals surface area contributed by atoms with Gasteiger partial charge in [-0.05, 0) is 77.8 Å². The topological polar surface area (TPSA) is 49.0 Å². The molecule has 0 aromatic heterocycles. The highest BCUT2D eigenvalue weighted by molar-refractivity contribution is 6.67. The zero-order valence-electron chi connectivity index (χ0n) is 19.0. The van der Waals surface area contributed by atoms with Crippen LogP contribution < -0.4 is 5.32 Å². The Morgan fingerprint density at radius 3 is 1.11 bits per heavy atom. The van der Waals surface area contributed by atoms with Gasteiger partial charge in [0.2, 0.25) is 0 Å². The Kier molecular flexibility index (Phi) is 17.3. The van der Waals surface area contributed by atoms with E-state index in [1.165, 1.54) is 25.7 Å². The molecule has 0 aliphatic heterocycles. The maximum atomic E-state index is 6.04. The molecule has 0 heterocycles. The fraction of sp³-hybridized carbons (Fsp3) is 1.00. The first-order valence-electron chi connectivity index (χ1n) is 11.3. The number of hydrogen-bond donors (Lipinski definition) is 1. The lowest BCUT2D eigenvalue weighted by Crippen LogP contribution is -2.41. The van der Waals surface area contributed by atoms with E-state index in [0.29, 0.717) is 0 Å². The Balaban J connectivity index is 3.90. The largest absolute Gasteiger partial charge is 0.394 e. The SMILES string of the molecule is CCO[Si](CC)(CCCCNCCCC[Si](CC)(OCC)OCC)OCC. The minimum absolute atomic E-state index is 0.768. The lowest BCUT2D eigenvalue weighted by molar-refractivity contribution is 0.182. The van der Waals surface area contributed by atoms with Crippen molar-refractivity contribution in [3.63, 3.8) is 0 Å². The predicted molar refractivity (Wildman–Crippen MR) is 120 cm³/mol. The third-order valence-corrected chi connectivity index (χ3v) is 12.7. The predicted octanol–water partition coefficient (Wildman–Crippen LogP) is 5.21. The molecule has 1 N–H and O–H groups in total. The monoisotopic (exact) mass is 421 g/mol. The van der Waals surface area contributed by atoms with Crippen LogP contribution in [-0.4, -0.2) is 56.6 Å². The number of unbranched alkanes of at least 4 members (excludes halogenated alkanes) is 2. The van der Waals surface area contributed by atoms with Crippen LogP contribution in [0, 0.1) is 0 Å². The molecule has 0 saturated heterocycles. The molecule has 0 aromatic rings. The van der Waals surface area contributed by atoms with E-state index in [2.05, 4.69) is 46.9 Å². The zero-order chi connectivity index (χ0) is 20.4. The summed E-state index contributed by atoms with van der Waals surface area (Å²) in [5, 5.41) is 3.59. The van der Waals surface area contributed by atoms with Gasteiger partial charge in [0.05, 0.1) is 0 Å². The van der Waals surface area contributed by atoms with Crippen molar-refractivity contribution in [1.29, 1.82) is 0 Å². The van der Waals surface area contributed by atoms with E-state index in [1.54, 1.807) is 0 Å². The van der Waals surface area contributed by atoms with Gasteiger partial charge >= 0.3 is 17.1 Å². The first-order chi connectivity index (χ1) is 13.1. The quantitative estimate of drug-likeness (QED) is 0.216.